The van der Waals surface area contributed by atoms with Crippen LogP contribution in [0.25, 0.3) is 6.08 Å². The Bertz CT molecular complexity index is 1030. The summed E-state index contributed by atoms with van der Waals surface area (Å²) in [7, 11) is 0. The molecule has 0 unspecified atom stereocenters. The summed E-state index contributed by atoms with van der Waals surface area (Å²) in [6.45, 7) is 1.76. The van der Waals surface area contributed by atoms with E-state index >= 15 is 0 Å². The second-order valence-electron chi connectivity index (χ2n) is 6.16. The molecule has 5 heteroatoms. The number of ketones is 1. The van der Waals surface area contributed by atoms with Crippen molar-refractivity contribution in [2.45, 2.75) is 13.3 Å². The van der Waals surface area contributed by atoms with Gasteiger partial charge in [0.05, 0.1) is 18.2 Å². The van der Waals surface area contributed by atoms with Crippen LogP contribution >= 0.6 is 0 Å². The van der Waals surface area contributed by atoms with Crippen molar-refractivity contribution in [1.29, 1.82) is 0 Å². The van der Waals surface area contributed by atoms with Gasteiger partial charge in [-0.25, -0.2) is 0 Å². The monoisotopic (exact) mass is 360 g/mol. The van der Waals surface area contributed by atoms with E-state index in [0.717, 1.165) is 5.56 Å². The Morgan fingerprint density at radius 1 is 1.07 bits per heavy atom. The molecular formula is C22H16O5. The van der Waals surface area contributed by atoms with Crippen LogP contribution in [0.2, 0.25) is 0 Å². The molecule has 5 nitrogen and oxygen atoms in total. The van der Waals surface area contributed by atoms with E-state index in [1.54, 1.807) is 37.3 Å². The minimum atomic E-state index is -0.375. The van der Waals surface area contributed by atoms with Crippen molar-refractivity contribution in [2.24, 2.45) is 0 Å². The molecule has 1 aliphatic heterocycles. The van der Waals surface area contributed by atoms with Crippen molar-refractivity contribution in [3.05, 3.63) is 89.1 Å². The molecule has 0 atom stereocenters. The van der Waals surface area contributed by atoms with Gasteiger partial charge in [-0.05, 0) is 36.8 Å². The molecule has 2 heterocycles. The third-order valence-electron chi connectivity index (χ3n) is 4.27. The number of carbonyl (C=O) groups is 2. The van der Waals surface area contributed by atoms with Crippen molar-refractivity contribution < 1.29 is 23.5 Å². The molecule has 3 aromatic rings. The molecule has 0 saturated heterocycles. The van der Waals surface area contributed by atoms with Crippen LogP contribution in [0, 0.1) is 6.92 Å². The maximum absolute atomic E-state index is 12.5. The number of fused-ring (bicyclic) bond motifs is 1. The number of carbonyl (C=O) groups excluding carboxylic acids is 2. The number of rotatable bonds is 4. The van der Waals surface area contributed by atoms with Crippen molar-refractivity contribution in [3.8, 4) is 11.5 Å². The van der Waals surface area contributed by atoms with E-state index in [1.165, 1.54) is 6.26 Å². The molecule has 27 heavy (non-hydrogen) atoms. The van der Waals surface area contributed by atoms with Crippen LogP contribution < -0.4 is 9.47 Å². The molecule has 0 radical (unpaired) electrons. The lowest BCUT2D eigenvalue weighted by atomic mass is 10.1. The highest BCUT2D eigenvalue weighted by Crippen LogP contribution is 2.39. The van der Waals surface area contributed by atoms with Gasteiger partial charge in [0.25, 0.3) is 0 Å². The molecule has 2 aromatic carbocycles. The number of furan rings is 1. The average Bonchev–Trinajstić information content (AvgIpc) is 3.28. The summed E-state index contributed by atoms with van der Waals surface area (Å²) in [5.74, 6) is 0.880. The Kier molecular flexibility index (Phi) is 4.34. The predicted octanol–water partition coefficient (Wildman–Crippen LogP) is 4.35. The van der Waals surface area contributed by atoms with E-state index in [4.69, 9.17) is 13.9 Å². The number of esters is 1. The Labute approximate surface area is 155 Å². The summed E-state index contributed by atoms with van der Waals surface area (Å²) in [5, 5.41) is 0. The summed E-state index contributed by atoms with van der Waals surface area (Å²) in [6, 6.07) is 16.1. The number of hydrogen-bond acceptors (Lipinski definition) is 5. The van der Waals surface area contributed by atoms with Crippen LogP contribution in [0.4, 0.5) is 0 Å². The molecule has 1 aliphatic rings. The maximum atomic E-state index is 12.5. The van der Waals surface area contributed by atoms with Crippen molar-refractivity contribution >= 4 is 17.8 Å². The van der Waals surface area contributed by atoms with E-state index < -0.39 is 0 Å². The summed E-state index contributed by atoms with van der Waals surface area (Å²) in [5.41, 5.74) is 1.91. The van der Waals surface area contributed by atoms with Crippen LogP contribution in [0.15, 0.2) is 71.0 Å². The molecule has 0 N–H and O–H groups in total. The number of ether oxygens (including phenoxy) is 2. The lowest BCUT2D eigenvalue weighted by Crippen LogP contribution is -2.12. The van der Waals surface area contributed by atoms with Crippen LogP contribution in [-0.4, -0.2) is 11.8 Å². The zero-order valence-corrected chi connectivity index (χ0v) is 14.6. The smallest absolute Gasteiger partial charge is 0.315 e. The van der Waals surface area contributed by atoms with E-state index in [0.29, 0.717) is 28.4 Å². The van der Waals surface area contributed by atoms with Crippen LogP contribution in [0.5, 0.6) is 11.5 Å². The zero-order valence-electron chi connectivity index (χ0n) is 14.6. The van der Waals surface area contributed by atoms with Gasteiger partial charge in [0.15, 0.2) is 5.76 Å². The van der Waals surface area contributed by atoms with Gasteiger partial charge in [-0.2, -0.15) is 0 Å². The molecule has 0 fully saturated rings. The second-order valence-corrected chi connectivity index (χ2v) is 6.16. The van der Waals surface area contributed by atoms with Gasteiger partial charge >= 0.3 is 5.97 Å². The molecular weight excluding hydrogens is 344 g/mol. The highest BCUT2D eigenvalue weighted by molar-refractivity contribution is 6.14. The lowest BCUT2D eigenvalue weighted by Gasteiger charge is -2.10. The van der Waals surface area contributed by atoms with Gasteiger partial charge in [-0.1, -0.05) is 30.3 Å². The first-order valence-corrected chi connectivity index (χ1v) is 8.48. The van der Waals surface area contributed by atoms with E-state index in [2.05, 4.69) is 0 Å². The van der Waals surface area contributed by atoms with Crippen molar-refractivity contribution in [1.82, 2.24) is 0 Å². The summed E-state index contributed by atoms with van der Waals surface area (Å²) in [4.78, 5) is 24.7. The Morgan fingerprint density at radius 2 is 1.89 bits per heavy atom. The lowest BCUT2D eigenvalue weighted by molar-refractivity contribution is -0.133. The SMILES string of the molecule is Cc1c(OC(=O)Cc2ccccc2)ccc2c1O/C(=C\c1ccco1)C2=O. The first kappa shape index (κ1) is 16.8. The molecule has 0 bridgehead atoms. The Hall–Kier alpha value is -3.60. The topological polar surface area (TPSA) is 65.7 Å². The predicted molar refractivity (Wildman–Crippen MR) is 98.6 cm³/mol. The fourth-order valence-corrected chi connectivity index (χ4v) is 2.90. The van der Waals surface area contributed by atoms with Gasteiger partial charge < -0.3 is 13.9 Å². The van der Waals surface area contributed by atoms with Gasteiger partial charge in [-0.3, -0.25) is 9.59 Å². The van der Waals surface area contributed by atoms with Crippen molar-refractivity contribution in [3.63, 3.8) is 0 Å². The number of benzene rings is 2. The first-order valence-electron chi connectivity index (χ1n) is 8.48. The summed E-state index contributed by atoms with van der Waals surface area (Å²) < 4.78 is 16.4. The number of hydrogen-bond donors (Lipinski definition) is 0. The summed E-state index contributed by atoms with van der Waals surface area (Å²) in [6.07, 6.45) is 3.23. The Morgan fingerprint density at radius 3 is 2.63 bits per heavy atom. The Balaban J connectivity index is 1.55. The second kappa shape index (κ2) is 6.96. The minimum Gasteiger partial charge on any atom is -0.465 e. The van der Waals surface area contributed by atoms with E-state index in [1.807, 2.05) is 30.3 Å². The van der Waals surface area contributed by atoms with E-state index in [-0.39, 0.29) is 23.9 Å². The normalized spacial score (nSPS) is 14.1. The maximum Gasteiger partial charge on any atom is 0.315 e. The van der Waals surface area contributed by atoms with Gasteiger partial charge in [-0.15, -0.1) is 0 Å². The van der Waals surface area contributed by atoms with Gasteiger partial charge in [0.2, 0.25) is 5.78 Å². The zero-order chi connectivity index (χ0) is 18.8. The number of Topliss-reactive ketones (excluding diaryl/α,β-unsaturated/α-hetero) is 1. The third kappa shape index (κ3) is 3.40. The summed E-state index contributed by atoms with van der Waals surface area (Å²) >= 11 is 0. The molecule has 0 spiro atoms. The number of allylic oxidation sites excluding steroid dienone is 1. The largest absolute Gasteiger partial charge is 0.465 e. The molecule has 0 aliphatic carbocycles. The average molecular weight is 360 g/mol. The van der Waals surface area contributed by atoms with Crippen LogP contribution in [0.3, 0.4) is 0 Å². The quantitative estimate of drug-likeness (QED) is 0.393. The highest BCUT2D eigenvalue weighted by atomic mass is 16.5. The molecule has 0 amide bonds. The molecule has 0 saturated carbocycles. The minimum absolute atomic E-state index is 0.167. The van der Waals surface area contributed by atoms with E-state index in [9.17, 15) is 9.59 Å². The van der Waals surface area contributed by atoms with Gasteiger partial charge in [0.1, 0.15) is 17.3 Å². The van der Waals surface area contributed by atoms with Crippen LogP contribution in [0.1, 0.15) is 27.2 Å². The third-order valence-corrected chi connectivity index (χ3v) is 4.27. The standard InChI is InChI=1S/C22H16O5/c1-14-18(26-20(23)12-15-6-3-2-4-7-15)10-9-17-21(24)19(27-22(14)17)13-16-8-5-11-25-16/h2-11,13H,12H2,1H3/b19-13-. The van der Waals surface area contributed by atoms with Gasteiger partial charge in [0, 0.05) is 11.6 Å². The molecule has 134 valence electrons. The highest BCUT2D eigenvalue weighted by Gasteiger charge is 2.30. The molecule has 4 rings (SSSR count). The first-order chi connectivity index (χ1) is 13.1. The van der Waals surface area contributed by atoms with Crippen LogP contribution in [-0.2, 0) is 11.2 Å². The van der Waals surface area contributed by atoms with Crippen molar-refractivity contribution in [2.75, 3.05) is 0 Å². The fourth-order valence-electron chi connectivity index (χ4n) is 2.90. The molecule has 1 aromatic heterocycles. The fraction of sp³-hybridized carbons (Fsp3) is 0.0909.